The minimum Gasteiger partial charge on any atom is -0.493 e. The topological polar surface area (TPSA) is 88.7 Å². The zero-order chi connectivity index (χ0) is 19.6. The van der Waals surface area contributed by atoms with Crippen molar-refractivity contribution in [2.45, 2.75) is 44.6 Å². The maximum atomic E-state index is 13.1. The summed E-state index contributed by atoms with van der Waals surface area (Å²) in [5.74, 6) is 1.33. The summed E-state index contributed by atoms with van der Waals surface area (Å²) < 4.78 is 11.0. The van der Waals surface area contributed by atoms with Gasteiger partial charge in [0.2, 0.25) is 5.91 Å². The average molecular weight is 424 g/mol. The van der Waals surface area contributed by atoms with Crippen LogP contribution in [0.4, 0.5) is 5.69 Å². The van der Waals surface area contributed by atoms with Crippen LogP contribution in [-0.4, -0.2) is 44.7 Å². The van der Waals surface area contributed by atoms with Crippen LogP contribution >= 0.6 is 12.4 Å². The van der Waals surface area contributed by atoms with Crippen molar-refractivity contribution in [2.75, 3.05) is 32.1 Å². The number of ether oxygens (including phenoxy) is 2. The van der Waals surface area contributed by atoms with Crippen LogP contribution in [0.3, 0.4) is 0 Å². The van der Waals surface area contributed by atoms with Gasteiger partial charge in [-0.2, -0.15) is 0 Å². The molecule has 8 heteroatoms. The number of anilines is 1. The van der Waals surface area contributed by atoms with E-state index in [0.717, 1.165) is 45.2 Å². The first kappa shape index (κ1) is 21.7. The molecule has 2 aliphatic carbocycles. The van der Waals surface area contributed by atoms with Gasteiger partial charge in [-0.05, 0) is 50.3 Å². The number of nitrogens with one attached hydrogen (secondary N) is 3. The van der Waals surface area contributed by atoms with Crippen LogP contribution in [0.2, 0.25) is 0 Å². The lowest BCUT2D eigenvalue weighted by Crippen LogP contribution is -2.44. The van der Waals surface area contributed by atoms with Crippen molar-refractivity contribution in [3.63, 3.8) is 0 Å². The van der Waals surface area contributed by atoms with Crippen LogP contribution in [-0.2, 0) is 9.59 Å². The summed E-state index contributed by atoms with van der Waals surface area (Å²) in [7, 11) is 1.56. The molecule has 3 N–H and O–H groups in total. The maximum absolute atomic E-state index is 13.1. The fourth-order valence-electron chi connectivity index (χ4n) is 4.45. The molecule has 4 rings (SSSR count). The normalized spacial score (nSPS) is 25.3. The predicted octanol–water partition coefficient (Wildman–Crippen LogP) is 2.49. The van der Waals surface area contributed by atoms with E-state index < -0.39 is 0 Å². The fourth-order valence-corrected chi connectivity index (χ4v) is 4.45. The molecule has 0 radical (unpaired) electrons. The number of halogens is 1. The van der Waals surface area contributed by atoms with Gasteiger partial charge in [-0.3, -0.25) is 9.59 Å². The Morgan fingerprint density at radius 1 is 1.21 bits per heavy atom. The van der Waals surface area contributed by atoms with Crippen LogP contribution in [0.15, 0.2) is 18.2 Å². The Hall–Kier alpha value is -1.99. The van der Waals surface area contributed by atoms with Crippen LogP contribution in [0.25, 0.3) is 0 Å². The van der Waals surface area contributed by atoms with E-state index in [2.05, 4.69) is 16.0 Å². The summed E-state index contributed by atoms with van der Waals surface area (Å²) in [5, 5.41) is 9.38. The highest BCUT2D eigenvalue weighted by Gasteiger charge is 2.49. The van der Waals surface area contributed by atoms with E-state index in [4.69, 9.17) is 9.47 Å². The number of methoxy groups -OCH3 is 1. The van der Waals surface area contributed by atoms with Crippen molar-refractivity contribution in [3.05, 3.63) is 18.2 Å². The van der Waals surface area contributed by atoms with E-state index in [9.17, 15) is 9.59 Å². The first-order valence-electron chi connectivity index (χ1n) is 10.2. The van der Waals surface area contributed by atoms with E-state index in [1.54, 1.807) is 19.2 Å². The monoisotopic (exact) mass is 423 g/mol. The molecule has 3 fully saturated rings. The first-order valence-corrected chi connectivity index (χ1v) is 10.2. The molecular weight excluding hydrogens is 394 g/mol. The van der Waals surface area contributed by atoms with Gasteiger partial charge >= 0.3 is 0 Å². The molecule has 3 aliphatic rings. The van der Waals surface area contributed by atoms with Crippen LogP contribution in [0.5, 0.6) is 11.5 Å². The second kappa shape index (κ2) is 9.22. The lowest BCUT2D eigenvalue weighted by Gasteiger charge is -2.37. The SMILES string of the molecule is COc1ccc(NC(=O)[C@@]23CCCC[C@H]2CNC3)cc1OCC(=O)NC1CC1.Cl. The minimum absolute atomic E-state index is 0. The summed E-state index contributed by atoms with van der Waals surface area (Å²) in [5.41, 5.74) is 0.345. The Labute approximate surface area is 177 Å². The van der Waals surface area contributed by atoms with Crippen molar-refractivity contribution >= 4 is 29.9 Å². The molecule has 0 unspecified atom stereocenters. The Morgan fingerprint density at radius 3 is 2.79 bits per heavy atom. The van der Waals surface area contributed by atoms with Gasteiger partial charge in [-0.25, -0.2) is 0 Å². The molecule has 1 aromatic rings. The molecule has 0 spiro atoms. The number of carbonyl (C=O) groups excluding carboxylic acids is 2. The average Bonchev–Trinajstić information content (AvgIpc) is 3.40. The molecule has 0 aromatic heterocycles. The smallest absolute Gasteiger partial charge is 0.258 e. The van der Waals surface area contributed by atoms with Crippen molar-refractivity contribution in [3.8, 4) is 11.5 Å². The van der Waals surface area contributed by atoms with Gasteiger partial charge in [-0.1, -0.05) is 12.8 Å². The summed E-state index contributed by atoms with van der Waals surface area (Å²) in [6, 6.07) is 5.60. The molecule has 7 nitrogen and oxygen atoms in total. The third kappa shape index (κ3) is 4.78. The first-order chi connectivity index (χ1) is 13.6. The van der Waals surface area contributed by atoms with Gasteiger partial charge in [0, 0.05) is 24.3 Å². The van der Waals surface area contributed by atoms with E-state index in [-0.39, 0.29) is 36.2 Å². The minimum atomic E-state index is -0.316. The second-order valence-electron chi connectivity index (χ2n) is 8.18. The quantitative estimate of drug-likeness (QED) is 0.627. The van der Waals surface area contributed by atoms with Crippen LogP contribution in [0.1, 0.15) is 38.5 Å². The van der Waals surface area contributed by atoms with Gasteiger partial charge in [-0.15, -0.1) is 12.4 Å². The summed E-state index contributed by atoms with van der Waals surface area (Å²) in [6.07, 6.45) is 6.40. The number of rotatable bonds is 7. The highest BCUT2D eigenvalue weighted by atomic mass is 35.5. The van der Waals surface area contributed by atoms with E-state index in [1.165, 1.54) is 6.42 Å². The zero-order valence-electron chi connectivity index (χ0n) is 16.8. The summed E-state index contributed by atoms with van der Waals surface area (Å²) >= 11 is 0. The third-order valence-corrected chi connectivity index (χ3v) is 6.21. The Morgan fingerprint density at radius 2 is 2.03 bits per heavy atom. The number of fused-ring (bicyclic) bond motifs is 1. The van der Waals surface area contributed by atoms with Gasteiger partial charge in [0.25, 0.3) is 5.91 Å². The Bertz CT molecular complexity index is 755. The molecular formula is C21H30ClN3O4. The molecule has 2 atom stereocenters. The predicted molar refractivity (Wildman–Crippen MR) is 113 cm³/mol. The highest BCUT2D eigenvalue weighted by molar-refractivity contribution is 5.96. The summed E-state index contributed by atoms with van der Waals surface area (Å²) in [6.45, 7) is 1.59. The standard InChI is InChI=1S/C21H29N3O4.ClH/c1-27-17-8-7-16(10-18(17)28-12-19(25)23-15-5-6-15)24-20(26)21-9-3-2-4-14(21)11-22-13-21;/h7-8,10,14-15,22H,2-6,9,11-13H2,1H3,(H,23,25)(H,24,26);1H/t14-,21+;/m0./s1. The Kier molecular flexibility index (Phi) is 6.90. The molecule has 1 aromatic carbocycles. The van der Waals surface area contributed by atoms with Crippen molar-refractivity contribution in [2.24, 2.45) is 11.3 Å². The van der Waals surface area contributed by atoms with E-state index in [0.29, 0.717) is 29.1 Å². The molecule has 2 saturated carbocycles. The molecule has 160 valence electrons. The maximum Gasteiger partial charge on any atom is 0.258 e. The van der Waals surface area contributed by atoms with Gasteiger partial charge < -0.3 is 25.4 Å². The number of hydrogen-bond donors (Lipinski definition) is 3. The second-order valence-corrected chi connectivity index (χ2v) is 8.18. The molecule has 2 amide bonds. The third-order valence-electron chi connectivity index (χ3n) is 6.21. The van der Waals surface area contributed by atoms with Crippen molar-refractivity contribution in [1.82, 2.24) is 10.6 Å². The Balaban J connectivity index is 0.00000240. The number of carbonyl (C=O) groups is 2. The molecule has 0 bridgehead atoms. The number of hydrogen-bond acceptors (Lipinski definition) is 5. The molecule has 1 saturated heterocycles. The highest BCUT2D eigenvalue weighted by Crippen LogP contribution is 2.44. The lowest BCUT2D eigenvalue weighted by molar-refractivity contribution is -0.128. The fraction of sp³-hybridized carbons (Fsp3) is 0.619. The van der Waals surface area contributed by atoms with Gasteiger partial charge in [0.15, 0.2) is 18.1 Å². The van der Waals surface area contributed by atoms with E-state index in [1.807, 2.05) is 6.07 Å². The van der Waals surface area contributed by atoms with Crippen molar-refractivity contribution < 1.29 is 19.1 Å². The van der Waals surface area contributed by atoms with E-state index >= 15 is 0 Å². The lowest BCUT2D eigenvalue weighted by atomic mass is 9.67. The van der Waals surface area contributed by atoms with Crippen LogP contribution < -0.4 is 25.4 Å². The number of amides is 2. The van der Waals surface area contributed by atoms with Crippen molar-refractivity contribution in [1.29, 1.82) is 0 Å². The van der Waals surface area contributed by atoms with Crippen LogP contribution in [0, 0.1) is 11.3 Å². The van der Waals surface area contributed by atoms with Gasteiger partial charge in [0.05, 0.1) is 12.5 Å². The molecule has 1 aliphatic heterocycles. The molecule has 29 heavy (non-hydrogen) atoms. The largest absolute Gasteiger partial charge is 0.493 e. The van der Waals surface area contributed by atoms with Gasteiger partial charge in [0.1, 0.15) is 0 Å². The molecule has 1 heterocycles. The summed E-state index contributed by atoms with van der Waals surface area (Å²) in [4.78, 5) is 25.0. The zero-order valence-corrected chi connectivity index (χ0v) is 17.6. The number of benzene rings is 1.